The Bertz CT molecular complexity index is 681. The molecule has 21 heavy (non-hydrogen) atoms. The first-order valence-electron chi connectivity index (χ1n) is 7.35. The Hall–Kier alpha value is -2.36. The van der Waals surface area contributed by atoms with E-state index in [9.17, 15) is 0 Å². The van der Waals surface area contributed by atoms with Gasteiger partial charge in [-0.1, -0.05) is 44.2 Å². The van der Waals surface area contributed by atoms with Crippen LogP contribution in [0.2, 0.25) is 0 Å². The summed E-state index contributed by atoms with van der Waals surface area (Å²) in [5, 5.41) is 0. The summed E-state index contributed by atoms with van der Waals surface area (Å²) < 4.78 is 2.22. The number of benzene rings is 1. The molecule has 1 aromatic carbocycles. The van der Waals surface area contributed by atoms with Gasteiger partial charge in [0.2, 0.25) is 0 Å². The molecule has 4 heteroatoms. The smallest absolute Gasteiger partial charge is 0.0979 e. The van der Waals surface area contributed by atoms with Crippen LogP contribution in [0.1, 0.15) is 20.3 Å². The van der Waals surface area contributed by atoms with E-state index in [1.807, 2.05) is 30.7 Å². The second kappa shape index (κ2) is 5.95. The molecule has 108 valence electrons. The Labute approximate surface area is 124 Å². The van der Waals surface area contributed by atoms with E-state index >= 15 is 0 Å². The quantitative estimate of drug-likeness (QED) is 0.768. The van der Waals surface area contributed by atoms with Gasteiger partial charge >= 0.3 is 0 Å². The average Bonchev–Trinajstić information content (AvgIpc) is 3.15. The highest BCUT2D eigenvalue weighted by Crippen LogP contribution is 2.30. The molecule has 0 aliphatic carbocycles. The lowest BCUT2D eigenvalue weighted by atomic mass is 10.1. The molecule has 2 aromatic heterocycles. The topological polar surface area (TPSA) is 46.5 Å². The van der Waals surface area contributed by atoms with Crippen molar-refractivity contribution in [3.8, 4) is 22.6 Å². The Kier molecular flexibility index (Phi) is 3.86. The third kappa shape index (κ3) is 2.89. The van der Waals surface area contributed by atoms with Crippen molar-refractivity contribution in [1.82, 2.24) is 19.5 Å². The molecule has 1 N–H and O–H groups in total. The minimum Gasteiger partial charge on any atom is -0.343 e. The number of aromatic amines is 1. The minimum atomic E-state index is 0.669. The third-order valence-electron chi connectivity index (χ3n) is 3.59. The maximum Gasteiger partial charge on any atom is 0.0979 e. The maximum atomic E-state index is 4.64. The molecule has 4 nitrogen and oxygen atoms in total. The average molecular weight is 280 g/mol. The zero-order valence-corrected chi connectivity index (χ0v) is 12.5. The number of hydrogen-bond donors (Lipinski definition) is 1. The van der Waals surface area contributed by atoms with E-state index in [4.69, 9.17) is 0 Å². The molecular formula is C17H20N4. The molecule has 0 aliphatic heterocycles. The van der Waals surface area contributed by atoms with E-state index in [1.54, 1.807) is 6.33 Å². The molecule has 0 saturated heterocycles. The Morgan fingerprint density at radius 2 is 2.00 bits per heavy atom. The Morgan fingerprint density at radius 3 is 2.67 bits per heavy atom. The lowest BCUT2D eigenvalue weighted by Crippen LogP contribution is -2.02. The van der Waals surface area contributed by atoms with Crippen LogP contribution in [0.3, 0.4) is 0 Å². The van der Waals surface area contributed by atoms with Crippen molar-refractivity contribution >= 4 is 0 Å². The summed E-state index contributed by atoms with van der Waals surface area (Å²) in [7, 11) is 0. The number of H-pyrrole nitrogens is 1. The van der Waals surface area contributed by atoms with Crippen LogP contribution in [0.25, 0.3) is 22.6 Å². The van der Waals surface area contributed by atoms with E-state index in [-0.39, 0.29) is 0 Å². The van der Waals surface area contributed by atoms with E-state index in [2.05, 4.69) is 45.5 Å². The van der Waals surface area contributed by atoms with Gasteiger partial charge in [-0.15, -0.1) is 0 Å². The molecule has 0 aliphatic rings. The second-order valence-electron chi connectivity index (χ2n) is 5.65. The largest absolute Gasteiger partial charge is 0.343 e. The van der Waals surface area contributed by atoms with Gasteiger partial charge in [-0.3, -0.25) is 0 Å². The molecule has 3 aromatic rings. The third-order valence-corrected chi connectivity index (χ3v) is 3.59. The fraction of sp³-hybridized carbons (Fsp3) is 0.294. The van der Waals surface area contributed by atoms with Crippen molar-refractivity contribution in [2.75, 3.05) is 0 Å². The van der Waals surface area contributed by atoms with E-state index in [1.165, 1.54) is 0 Å². The number of imidazole rings is 2. The number of nitrogens with one attached hydrogen (secondary N) is 1. The monoisotopic (exact) mass is 280 g/mol. The van der Waals surface area contributed by atoms with Crippen LogP contribution in [-0.2, 0) is 6.54 Å². The van der Waals surface area contributed by atoms with Gasteiger partial charge in [0, 0.05) is 12.1 Å². The van der Waals surface area contributed by atoms with Crippen molar-refractivity contribution in [3.05, 3.63) is 49.2 Å². The highest BCUT2D eigenvalue weighted by atomic mass is 15.1. The van der Waals surface area contributed by atoms with Gasteiger partial charge in [0.25, 0.3) is 0 Å². The van der Waals surface area contributed by atoms with Crippen molar-refractivity contribution in [2.45, 2.75) is 26.8 Å². The first-order valence-corrected chi connectivity index (χ1v) is 7.35. The summed E-state index contributed by atoms with van der Waals surface area (Å²) in [6.45, 7) is 5.45. The first-order chi connectivity index (χ1) is 10.3. The summed E-state index contributed by atoms with van der Waals surface area (Å²) >= 11 is 0. The molecular weight excluding hydrogens is 260 g/mol. The maximum absolute atomic E-state index is 4.64. The van der Waals surface area contributed by atoms with Gasteiger partial charge < -0.3 is 9.55 Å². The standard InChI is InChI=1S/C17H20N4/c1-13(2)8-9-21-12-20-16(14-6-4-3-5-7-14)17(21)15-10-18-11-19-15/h3-7,10-13H,8-9H2,1-2H3,(H,18,19). The van der Waals surface area contributed by atoms with E-state index < -0.39 is 0 Å². The van der Waals surface area contributed by atoms with Crippen LogP contribution in [0, 0.1) is 5.92 Å². The number of nitrogens with zero attached hydrogens (tertiary/aromatic N) is 3. The van der Waals surface area contributed by atoms with Gasteiger partial charge in [-0.2, -0.15) is 0 Å². The summed E-state index contributed by atoms with van der Waals surface area (Å²) in [4.78, 5) is 12.0. The van der Waals surface area contributed by atoms with Gasteiger partial charge in [0.05, 0.1) is 35.9 Å². The number of hydrogen-bond acceptors (Lipinski definition) is 2. The highest BCUT2D eigenvalue weighted by Gasteiger charge is 2.15. The summed E-state index contributed by atoms with van der Waals surface area (Å²) in [6.07, 6.45) is 6.63. The number of rotatable bonds is 5. The molecule has 2 heterocycles. The van der Waals surface area contributed by atoms with Crippen LogP contribution in [0.4, 0.5) is 0 Å². The van der Waals surface area contributed by atoms with E-state index in [0.717, 1.165) is 35.6 Å². The second-order valence-corrected chi connectivity index (χ2v) is 5.65. The zero-order valence-electron chi connectivity index (χ0n) is 12.5. The zero-order chi connectivity index (χ0) is 14.7. The fourth-order valence-electron chi connectivity index (χ4n) is 2.42. The van der Waals surface area contributed by atoms with Crippen LogP contribution in [0.5, 0.6) is 0 Å². The molecule has 0 unspecified atom stereocenters. The van der Waals surface area contributed by atoms with Crippen molar-refractivity contribution < 1.29 is 0 Å². The Morgan fingerprint density at radius 1 is 1.19 bits per heavy atom. The van der Waals surface area contributed by atoms with Crippen LogP contribution >= 0.6 is 0 Å². The van der Waals surface area contributed by atoms with Crippen molar-refractivity contribution in [3.63, 3.8) is 0 Å². The summed E-state index contributed by atoms with van der Waals surface area (Å²) in [5.74, 6) is 0.669. The van der Waals surface area contributed by atoms with Gasteiger partial charge in [-0.25, -0.2) is 9.97 Å². The molecule has 0 radical (unpaired) electrons. The van der Waals surface area contributed by atoms with Gasteiger partial charge in [0.1, 0.15) is 0 Å². The van der Waals surface area contributed by atoms with E-state index in [0.29, 0.717) is 5.92 Å². The first kappa shape index (κ1) is 13.6. The fourth-order valence-corrected chi connectivity index (χ4v) is 2.42. The lowest BCUT2D eigenvalue weighted by Gasteiger charge is -2.10. The number of aromatic nitrogens is 4. The molecule has 0 atom stereocenters. The highest BCUT2D eigenvalue weighted by molar-refractivity contribution is 5.76. The van der Waals surface area contributed by atoms with Crippen LogP contribution < -0.4 is 0 Å². The molecule has 0 amide bonds. The molecule has 0 saturated carbocycles. The molecule has 0 spiro atoms. The molecule has 0 fully saturated rings. The lowest BCUT2D eigenvalue weighted by molar-refractivity contribution is 0.518. The Balaban J connectivity index is 2.05. The van der Waals surface area contributed by atoms with Crippen LogP contribution in [0.15, 0.2) is 49.2 Å². The normalized spacial score (nSPS) is 11.2. The van der Waals surface area contributed by atoms with Gasteiger partial charge in [0.15, 0.2) is 0 Å². The molecule has 3 rings (SSSR count). The van der Waals surface area contributed by atoms with Crippen molar-refractivity contribution in [1.29, 1.82) is 0 Å². The van der Waals surface area contributed by atoms with Crippen LogP contribution in [-0.4, -0.2) is 19.5 Å². The predicted octanol–water partition coefficient (Wildman–Crippen LogP) is 3.99. The molecule has 0 bridgehead atoms. The SMILES string of the molecule is CC(C)CCn1cnc(-c2ccccc2)c1-c1cnc[nH]1. The minimum absolute atomic E-state index is 0.669. The summed E-state index contributed by atoms with van der Waals surface area (Å²) in [6, 6.07) is 10.3. The number of aryl methyl sites for hydroxylation is 1. The predicted molar refractivity (Wildman–Crippen MR) is 84.7 cm³/mol. The van der Waals surface area contributed by atoms with Crippen molar-refractivity contribution in [2.24, 2.45) is 5.92 Å². The van der Waals surface area contributed by atoms with Gasteiger partial charge in [-0.05, 0) is 12.3 Å². The summed E-state index contributed by atoms with van der Waals surface area (Å²) in [5.41, 5.74) is 4.25.